The average molecular weight is 317 g/mol. The molecule has 116 valence electrons. The van der Waals surface area contributed by atoms with Crippen molar-refractivity contribution in [3.05, 3.63) is 29.7 Å². The second-order valence-electron chi connectivity index (χ2n) is 5.87. The van der Waals surface area contributed by atoms with Crippen molar-refractivity contribution in [2.24, 2.45) is 5.41 Å². The fourth-order valence-corrected chi connectivity index (χ4v) is 3.26. The van der Waals surface area contributed by atoms with E-state index in [0.29, 0.717) is 22.9 Å². The highest BCUT2D eigenvalue weighted by Crippen LogP contribution is 2.27. The summed E-state index contributed by atoms with van der Waals surface area (Å²) in [6.45, 7) is 4.94. The van der Waals surface area contributed by atoms with Gasteiger partial charge in [0.15, 0.2) is 0 Å². The zero-order valence-corrected chi connectivity index (χ0v) is 13.3. The molecule has 2 aromatic rings. The fraction of sp³-hybridized carbons (Fsp3) is 0.467. The zero-order valence-electron chi connectivity index (χ0n) is 12.5. The molecule has 22 heavy (non-hydrogen) atoms. The largest absolute Gasteiger partial charge is 0.350 e. The van der Waals surface area contributed by atoms with Crippen LogP contribution in [0.3, 0.4) is 0 Å². The van der Waals surface area contributed by atoms with E-state index in [1.54, 1.807) is 24.0 Å². The van der Waals surface area contributed by atoms with E-state index < -0.39 is 0 Å². The van der Waals surface area contributed by atoms with Gasteiger partial charge in [0, 0.05) is 24.3 Å². The van der Waals surface area contributed by atoms with Crippen LogP contribution in [0.1, 0.15) is 30.3 Å². The second kappa shape index (κ2) is 6.50. The smallest absolute Gasteiger partial charge is 0.270 e. The predicted octanol–water partition coefficient (Wildman–Crippen LogP) is 1.72. The molecule has 3 rings (SSSR count). The van der Waals surface area contributed by atoms with Crippen LogP contribution in [0.25, 0.3) is 10.7 Å². The standard InChI is InChI=1S/C15H19N5OS/c1-15(2-4-16-5-3-15)10-19-13(21)12-9-22-14(20-12)11-8-17-6-7-18-11/h6-9,16H,2-5,10H2,1H3,(H,19,21). The molecule has 0 aliphatic carbocycles. The number of hydrogen-bond acceptors (Lipinski definition) is 6. The van der Waals surface area contributed by atoms with Gasteiger partial charge in [-0.25, -0.2) is 4.98 Å². The van der Waals surface area contributed by atoms with Crippen molar-refractivity contribution in [3.8, 4) is 10.7 Å². The molecule has 1 fully saturated rings. The molecule has 2 aromatic heterocycles. The molecule has 1 amide bonds. The van der Waals surface area contributed by atoms with Gasteiger partial charge >= 0.3 is 0 Å². The molecule has 0 atom stereocenters. The molecule has 1 saturated heterocycles. The summed E-state index contributed by atoms with van der Waals surface area (Å²) < 4.78 is 0. The van der Waals surface area contributed by atoms with Crippen molar-refractivity contribution in [3.63, 3.8) is 0 Å². The molecule has 0 radical (unpaired) electrons. The van der Waals surface area contributed by atoms with Crippen LogP contribution >= 0.6 is 11.3 Å². The number of carbonyl (C=O) groups excluding carboxylic acids is 1. The van der Waals surface area contributed by atoms with Crippen LogP contribution in [0.4, 0.5) is 0 Å². The van der Waals surface area contributed by atoms with E-state index in [0.717, 1.165) is 25.9 Å². The van der Waals surface area contributed by atoms with Crippen LogP contribution in [0.2, 0.25) is 0 Å². The number of nitrogens with one attached hydrogen (secondary N) is 2. The number of piperidine rings is 1. The number of thiazole rings is 1. The first-order valence-electron chi connectivity index (χ1n) is 7.37. The number of hydrogen-bond donors (Lipinski definition) is 2. The van der Waals surface area contributed by atoms with Gasteiger partial charge in [-0.05, 0) is 31.3 Å². The van der Waals surface area contributed by atoms with E-state index in [9.17, 15) is 4.79 Å². The van der Waals surface area contributed by atoms with Crippen molar-refractivity contribution >= 4 is 17.2 Å². The summed E-state index contributed by atoms with van der Waals surface area (Å²) >= 11 is 1.41. The van der Waals surface area contributed by atoms with Crippen LogP contribution < -0.4 is 10.6 Å². The molecular weight excluding hydrogens is 298 g/mol. The number of rotatable bonds is 4. The Morgan fingerprint density at radius 1 is 1.41 bits per heavy atom. The van der Waals surface area contributed by atoms with Gasteiger partial charge in [0.2, 0.25) is 0 Å². The normalized spacial score (nSPS) is 17.1. The van der Waals surface area contributed by atoms with Crippen LogP contribution in [-0.2, 0) is 0 Å². The Morgan fingerprint density at radius 2 is 2.23 bits per heavy atom. The maximum Gasteiger partial charge on any atom is 0.270 e. The minimum Gasteiger partial charge on any atom is -0.350 e. The Balaban J connectivity index is 1.62. The lowest BCUT2D eigenvalue weighted by Gasteiger charge is -2.34. The first-order valence-corrected chi connectivity index (χ1v) is 8.25. The molecule has 2 N–H and O–H groups in total. The van der Waals surface area contributed by atoms with Gasteiger partial charge < -0.3 is 10.6 Å². The SMILES string of the molecule is CC1(CNC(=O)c2csc(-c3cnccn3)n2)CCNCC1. The molecule has 0 bridgehead atoms. The minimum atomic E-state index is -0.119. The van der Waals surface area contributed by atoms with Crippen LogP contribution in [0.5, 0.6) is 0 Å². The Morgan fingerprint density at radius 3 is 2.95 bits per heavy atom. The molecule has 6 nitrogen and oxygen atoms in total. The number of amides is 1. The summed E-state index contributed by atoms with van der Waals surface area (Å²) in [6.07, 6.45) is 7.04. The monoisotopic (exact) mass is 317 g/mol. The highest BCUT2D eigenvalue weighted by molar-refractivity contribution is 7.13. The molecule has 1 aliphatic heterocycles. The fourth-order valence-electron chi connectivity index (χ4n) is 2.50. The van der Waals surface area contributed by atoms with Gasteiger partial charge in [0.1, 0.15) is 16.4 Å². The Labute approximate surface area is 133 Å². The van der Waals surface area contributed by atoms with E-state index in [1.807, 2.05) is 0 Å². The summed E-state index contributed by atoms with van der Waals surface area (Å²) in [5.41, 5.74) is 1.31. The summed E-state index contributed by atoms with van der Waals surface area (Å²) in [5, 5.41) is 8.84. The van der Waals surface area contributed by atoms with Crippen molar-refractivity contribution in [2.75, 3.05) is 19.6 Å². The topological polar surface area (TPSA) is 79.8 Å². The maximum atomic E-state index is 12.3. The first-order chi connectivity index (χ1) is 10.7. The van der Waals surface area contributed by atoms with Crippen LogP contribution in [-0.4, -0.2) is 40.5 Å². The summed E-state index contributed by atoms with van der Waals surface area (Å²) in [6, 6.07) is 0. The third-order valence-electron chi connectivity index (χ3n) is 4.01. The Kier molecular flexibility index (Phi) is 4.44. The predicted molar refractivity (Wildman–Crippen MR) is 85.7 cm³/mol. The molecule has 3 heterocycles. The molecule has 0 saturated carbocycles. The second-order valence-corrected chi connectivity index (χ2v) is 6.73. The maximum absolute atomic E-state index is 12.3. The number of aromatic nitrogens is 3. The molecule has 0 aromatic carbocycles. The molecular formula is C15H19N5OS. The quantitative estimate of drug-likeness (QED) is 0.897. The van der Waals surface area contributed by atoms with E-state index in [1.165, 1.54) is 11.3 Å². The molecule has 1 aliphatic rings. The number of nitrogens with zero attached hydrogens (tertiary/aromatic N) is 3. The lowest BCUT2D eigenvalue weighted by molar-refractivity contribution is 0.0918. The summed E-state index contributed by atoms with van der Waals surface area (Å²) in [5.74, 6) is -0.119. The van der Waals surface area contributed by atoms with Crippen LogP contribution in [0.15, 0.2) is 24.0 Å². The lowest BCUT2D eigenvalue weighted by atomic mass is 9.81. The van der Waals surface area contributed by atoms with E-state index >= 15 is 0 Å². The first kappa shape index (κ1) is 15.1. The summed E-state index contributed by atoms with van der Waals surface area (Å²) in [7, 11) is 0. The van der Waals surface area contributed by atoms with Crippen molar-refractivity contribution in [2.45, 2.75) is 19.8 Å². The Bertz CT molecular complexity index is 636. The highest BCUT2D eigenvalue weighted by atomic mass is 32.1. The van der Waals surface area contributed by atoms with Gasteiger partial charge in [-0.2, -0.15) is 0 Å². The summed E-state index contributed by atoms with van der Waals surface area (Å²) in [4.78, 5) is 24.8. The minimum absolute atomic E-state index is 0.119. The highest BCUT2D eigenvalue weighted by Gasteiger charge is 2.27. The van der Waals surface area contributed by atoms with Crippen molar-refractivity contribution in [1.82, 2.24) is 25.6 Å². The van der Waals surface area contributed by atoms with Gasteiger partial charge in [0.25, 0.3) is 5.91 Å². The molecule has 7 heteroatoms. The number of carbonyl (C=O) groups is 1. The van der Waals surface area contributed by atoms with Gasteiger partial charge in [0.05, 0.1) is 6.20 Å². The zero-order chi connectivity index (χ0) is 15.4. The van der Waals surface area contributed by atoms with Gasteiger partial charge in [-0.3, -0.25) is 14.8 Å². The van der Waals surface area contributed by atoms with Crippen LogP contribution in [0, 0.1) is 5.41 Å². The average Bonchev–Trinajstić information content (AvgIpc) is 3.04. The molecule has 0 unspecified atom stereocenters. The van der Waals surface area contributed by atoms with E-state index in [4.69, 9.17) is 0 Å². The van der Waals surface area contributed by atoms with E-state index in [-0.39, 0.29) is 11.3 Å². The lowest BCUT2D eigenvalue weighted by Crippen LogP contribution is -2.42. The van der Waals surface area contributed by atoms with Gasteiger partial charge in [-0.1, -0.05) is 6.92 Å². The third-order valence-corrected chi connectivity index (χ3v) is 4.87. The van der Waals surface area contributed by atoms with Crippen molar-refractivity contribution < 1.29 is 4.79 Å². The molecule has 0 spiro atoms. The van der Waals surface area contributed by atoms with Crippen molar-refractivity contribution in [1.29, 1.82) is 0 Å². The van der Waals surface area contributed by atoms with E-state index in [2.05, 4.69) is 32.5 Å². The third kappa shape index (κ3) is 3.48. The Hall–Kier alpha value is -1.86. The van der Waals surface area contributed by atoms with Gasteiger partial charge in [-0.15, -0.1) is 11.3 Å².